The third-order valence-corrected chi connectivity index (χ3v) is 6.54. The minimum absolute atomic E-state index is 0.0942. The van der Waals surface area contributed by atoms with Crippen molar-refractivity contribution in [3.05, 3.63) is 24.3 Å². The number of fused-ring (bicyclic) bond motifs is 1. The topological polar surface area (TPSA) is 73.4 Å². The molecule has 0 saturated carbocycles. The fourth-order valence-electron chi connectivity index (χ4n) is 3.11. The minimum Gasteiger partial charge on any atom is -0.477 e. The fourth-order valence-corrected chi connectivity index (χ4v) is 4.20. The normalized spacial score (nSPS) is 21.8. The second-order valence-corrected chi connectivity index (χ2v) is 8.61. The van der Waals surface area contributed by atoms with Crippen molar-refractivity contribution in [2.24, 2.45) is 0 Å². The summed E-state index contributed by atoms with van der Waals surface area (Å²) in [5.41, 5.74) is 0.966. The first kappa shape index (κ1) is 18.0. The number of likely N-dealkylation sites (N-methyl/N-ethyl adjacent to an activating group) is 1. The van der Waals surface area contributed by atoms with E-state index in [0.29, 0.717) is 38.5 Å². The van der Waals surface area contributed by atoms with Crippen LogP contribution in [0.25, 0.3) is 0 Å². The maximum Gasteiger partial charge on any atom is 0.281 e. The van der Waals surface area contributed by atoms with E-state index in [0.717, 1.165) is 5.69 Å². The lowest BCUT2D eigenvalue weighted by molar-refractivity contribution is -0.139. The van der Waals surface area contributed by atoms with Crippen LogP contribution in [0.15, 0.2) is 24.3 Å². The summed E-state index contributed by atoms with van der Waals surface area (Å²) in [6.07, 6.45) is -0.572. The second-order valence-electron chi connectivity index (χ2n) is 6.47. The van der Waals surface area contributed by atoms with Crippen LogP contribution in [-0.4, -0.2) is 87.8 Å². The molecule has 0 bridgehead atoms. The molecular formula is C16H24N4O4S. The predicted molar refractivity (Wildman–Crippen MR) is 94.9 cm³/mol. The van der Waals surface area contributed by atoms with Crippen LogP contribution in [0.3, 0.4) is 0 Å². The molecule has 0 aromatic heterocycles. The van der Waals surface area contributed by atoms with Crippen molar-refractivity contribution in [1.29, 1.82) is 0 Å². The maximum absolute atomic E-state index is 12.8. The summed E-state index contributed by atoms with van der Waals surface area (Å²) in [6, 6.07) is 7.63. The molecule has 9 heteroatoms. The highest BCUT2D eigenvalue weighted by molar-refractivity contribution is 7.86. The van der Waals surface area contributed by atoms with E-state index in [2.05, 4.69) is 0 Å². The summed E-state index contributed by atoms with van der Waals surface area (Å²) < 4.78 is 32.8. The third-order valence-electron chi connectivity index (χ3n) is 4.60. The second kappa shape index (κ2) is 6.81. The summed E-state index contributed by atoms with van der Waals surface area (Å²) >= 11 is 0. The number of nitrogens with zero attached hydrogens (tertiary/aromatic N) is 4. The molecule has 1 unspecified atom stereocenters. The molecule has 3 rings (SSSR count). The number of carbonyl (C=O) groups is 1. The van der Waals surface area contributed by atoms with Crippen LogP contribution in [0.5, 0.6) is 5.75 Å². The lowest BCUT2D eigenvalue weighted by Gasteiger charge is -2.39. The molecule has 138 valence electrons. The highest BCUT2D eigenvalue weighted by Gasteiger charge is 2.35. The summed E-state index contributed by atoms with van der Waals surface area (Å²) in [4.78, 5) is 16.5. The molecule has 2 aliphatic heterocycles. The van der Waals surface area contributed by atoms with Gasteiger partial charge in [0, 0.05) is 47.3 Å². The Morgan fingerprint density at radius 3 is 2.44 bits per heavy atom. The molecule has 1 amide bonds. The molecule has 2 aliphatic rings. The largest absolute Gasteiger partial charge is 0.477 e. The van der Waals surface area contributed by atoms with Gasteiger partial charge in [0.25, 0.3) is 16.1 Å². The summed E-state index contributed by atoms with van der Waals surface area (Å²) in [5.74, 6) is 0.603. The zero-order valence-corrected chi connectivity index (χ0v) is 15.6. The van der Waals surface area contributed by atoms with Crippen molar-refractivity contribution in [1.82, 2.24) is 13.5 Å². The molecule has 0 spiro atoms. The Balaban J connectivity index is 1.64. The van der Waals surface area contributed by atoms with Crippen LogP contribution < -0.4 is 9.64 Å². The number of hydrogen-bond acceptors (Lipinski definition) is 5. The summed E-state index contributed by atoms with van der Waals surface area (Å²) in [6.45, 7) is 1.82. The van der Waals surface area contributed by atoms with Crippen LogP contribution >= 0.6 is 0 Å². The average molecular weight is 368 g/mol. The summed E-state index contributed by atoms with van der Waals surface area (Å²) in [7, 11) is 1.52. The zero-order valence-electron chi connectivity index (χ0n) is 14.8. The van der Waals surface area contributed by atoms with Crippen molar-refractivity contribution in [3.8, 4) is 5.75 Å². The van der Waals surface area contributed by atoms with E-state index in [-0.39, 0.29) is 5.91 Å². The highest BCUT2D eigenvalue weighted by Crippen LogP contribution is 2.32. The number of benzene rings is 1. The molecule has 25 heavy (non-hydrogen) atoms. The molecule has 1 saturated heterocycles. The lowest BCUT2D eigenvalue weighted by Crippen LogP contribution is -2.57. The van der Waals surface area contributed by atoms with Crippen molar-refractivity contribution in [2.75, 3.05) is 58.8 Å². The Morgan fingerprint density at radius 2 is 1.80 bits per heavy atom. The Kier molecular flexibility index (Phi) is 4.90. The molecule has 1 aromatic carbocycles. The molecule has 1 fully saturated rings. The number of piperazine rings is 1. The van der Waals surface area contributed by atoms with Crippen LogP contribution in [0, 0.1) is 0 Å². The van der Waals surface area contributed by atoms with Gasteiger partial charge in [-0.2, -0.15) is 17.0 Å². The number of rotatable bonds is 3. The first-order chi connectivity index (χ1) is 11.8. The van der Waals surface area contributed by atoms with E-state index >= 15 is 0 Å². The van der Waals surface area contributed by atoms with Gasteiger partial charge in [0.2, 0.25) is 0 Å². The van der Waals surface area contributed by atoms with E-state index in [9.17, 15) is 13.2 Å². The van der Waals surface area contributed by atoms with E-state index in [1.54, 1.807) is 4.90 Å². The van der Waals surface area contributed by atoms with Gasteiger partial charge in [-0.25, -0.2) is 0 Å². The zero-order chi connectivity index (χ0) is 18.2. The standard InChI is InChI=1S/C16H24N4O4S/c1-17(2)25(22,23)20-10-8-19(9-11-20)16(21)15-12-18(3)13-6-4-5-7-14(13)24-15/h4-7,15H,8-12H2,1-3H3. The van der Waals surface area contributed by atoms with Crippen molar-refractivity contribution in [3.63, 3.8) is 0 Å². The van der Waals surface area contributed by atoms with Gasteiger partial charge in [0.05, 0.1) is 12.2 Å². The van der Waals surface area contributed by atoms with Gasteiger partial charge in [-0.15, -0.1) is 0 Å². The Hall–Kier alpha value is -1.84. The molecular weight excluding hydrogens is 344 g/mol. The fraction of sp³-hybridized carbons (Fsp3) is 0.562. The van der Waals surface area contributed by atoms with Crippen molar-refractivity contribution < 1.29 is 17.9 Å². The van der Waals surface area contributed by atoms with Gasteiger partial charge >= 0.3 is 0 Å². The SMILES string of the molecule is CN1CC(C(=O)N2CCN(S(=O)(=O)N(C)C)CC2)Oc2ccccc21. The lowest BCUT2D eigenvalue weighted by atomic mass is 10.1. The molecule has 0 N–H and O–H groups in total. The van der Waals surface area contributed by atoms with Crippen LogP contribution in [0.4, 0.5) is 5.69 Å². The predicted octanol–water partition coefficient (Wildman–Crippen LogP) is -0.166. The van der Waals surface area contributed by atoms with E-state index in [1.165, 1.54) is 22.7 Å². The van der Waals surface area contributed by atoms with Gasteiger partial charge in [0.15, 0.2) is 6.10 Å². The van der Waals surface area contributed by atoms with E-state index < -0.39 is 16.3 Å². The number of carbonyl (C=O) groups excluding carboxylic acids is 1. The molecule has 0 radical (unpaired) electrons. The van der Waals surface area contributed by atoms with Gasteiger partial charge in [-0.1, -0.05) is 12.1 Å². The number of amides is 1. The maximum atomic E-state index is 12.8. The van der Waals surface area contributed by atoms with Crippen molar-refractivity contribution in [2.45, 2.75) is 6.10 Å². The van der Waals surface area contributed by atoms with Gasteiger partial charge < -0.3 is 14.5 Å². The summed E-state index contributed by atoms with van der Waals surface area (Å²) in [5, 5.41) is 0. The minimum atomic E-state index is -3.43. The number of anilines is 1. The van der Waals surface area contributed by atoms with Gasteiger partial charge in [0.1, 0.15) is 5.75 Å². The van der Waals surface area contributed by atoms with Crippen LogP contribution in [0.2, 0.25) is 0 Å². The average Bonchev–Trinajstić information content (AvgIpc) is 2.61. The number of ether oxygens (including phenoxy) is 1. The first-order valence-corrected chi connectivity index (χ1v) is 9.63. The van der Waals surface area contributed by atoms with Crippen LogP contribution in [0.1, 0.15) is 0 Å². The number of para-hydroxylation sites is 2. The van der Waals surface area contributed by atoms with E-state index in [1.807, 2.05) is 36.2 Å². The van der Waals surface area contributed by atoms with Gasteiger partial charge in [-0.3, -0.25) is 4.79 Å². The Labute approximate surface area is 148 Å². The monoisotopic (exact) mass is 368 g/mol. The molecule has 1 atom stereocenters. The first-order valence-electron chi connectivity index (χ1n) is 8.24. The molecule has 1 aromatic rings. The molecule has 8 nitrogen and oxygen atoms in total. The van der Waals surface area contributed by atoms with E-state index in [4.69, 9.17) is 4.74 Å². The number of hydrogen-bond donors (Lipinski definition) is 0. The van der Waals surface area contributed by atoms with Crippen molar-refractivity contribution >= 4 is 21.8 Å². The quantitative estimate of drug-likeness (QED) is 0.741. The highest BCUT2D eigenvalue weighted by atomic mass is 32.2. The molecule has 2 heterocycles. The van der Waals surface area contributed by atoms with Crippen LogP contribution in [-0.2, 0) is 15.0 Å². The van der Waals surface area contributed by atoms with Gasteiger partial charge in [-0.05, 0) is 12.1 Å². The smallest absolute Gasteiger partial charge is 0.281 e. The third kappa shape index (κ3) is 3.44. The molecule has 0 aliphatic carbocycles. The Morgan fingerprint density at radius 1 is 1.16 bits per heavy atom. The Bertz CT molecular complexity index is 744.